The zero-order valence-corrected chi connectivity index (χ0v) is 19.9. The van der Waals surface area contributed by atoms with E-state index in [-0.39, 0.29) is 11.2 Å². The Hall–Kier alpha value is -4.41. The Bertz CT molecular complexity index is 1490. The van der Waals surface area contributed by atoms with Gasteiger partial charge in [-0.15, -0.1) is 0 Å². The number of imidazole rings is 1. The first-order valence-corrected chi connectivity index (χ1v) is 10.9. The Labute approximate surface area is 200 Å². The first kappa shape index (κ1) is 23.7. The molecule has 3 heterocycles. The SMILES string of the molecule is COc1cc(C(C)NC(=O)Cn2c(=O)c3c(ncn3C)n(C)c2=O)ccc1OCc1ccncc1. The number of benzene rings is 1. The molecule has 4 rings (SSSR count). The number of hydrogen-bond donors (Lipinski definition) is 1. The summed E-state index contributed by atoms with van der Waals surface area (Å²) in [4.78, 5) is 46.3. The highest BCUT2D eigenvalue weighted by atomic mass is 16.5. The van der Waals surface area contributed by atoms with Crippen molar-refractivity contribution < 1.29 is 14.3 Å². The lowest BCUT2D eigenvalue weighted by atomic mass is 10.1. The molecule has 0 bridgehead atoms. The summed E-state index contributed by atoms with van der Waals surface area (Å²) in [7, 11) is 4.71. The summed E-state index contributed by atoms with van der Waals surface area (Å²) < 4.78 is 15.0. The number of pyridine rings is 1. The summed E-state index contributed by atoms with van der Waals surface area (Å²) in [6.45, 7) is 1.74. The van der Waals surface area contributed by atoms with Crippen LogP contribution in [0, 0.1) is 0 Å². The molecule has 0 aliphatic heterocycles. The molecule has 4 aromatic rings. The molecule has 11 heteroatoms. The van der Waals surface area contributed by atoms with Crippen LogP contribution in [0.3, 0.4) is 0 Å². The highest BCUT2D eigenvalue weighted by Crippen LogP contribution is 2.31. The van der Waals surface area contributed by atoms with Gasteiger partial charge in [0.25, 0.3) is 5.56 Å². The van der Waals surface area contributed by atoms with Gasteiger partial charge in [0.2, 0.25) is 5.91 Å². The third kappa shape index (κ3) is 4.79. The molecule has 0 spiro atoms. The monoisotopic (exact) mass is 478 g/mol. The third-order valence-corrected chi connectivity index (χ3v) is 5.71. The molecule has 1 atom stereocenters. The fourth-order valence-electron chi connectivity index (χ4n) is 3.76. The number of aromatic nitrogens is 5. The van der Waals surface area contributed by atoms with Crippen molar-refractivity contribution in [3.63, 3.8) is 0 Å². The minimum Gasteiger partial charge on any atom is -0.493 e. The molecular weight excluding hydrogens is 452 g/mol. The molecule has 182 valence electrons. The van der Waals surface area contributed by atoms with E-state index in [0.717, 1.165) is 15.7 Å². The summed E-state index contributed by atoms with van der Waals surface area (Å²) in [6, 6.07) is 8.69. The smallest absolute Gasteiger partial charge is 0.332 e. The third-order valence-electron chi connectivity index (χ3n) is 5.71. The zero-order chi connectivity index (χ0) is 25.1. The van der Waals surface area contributed by atoms with E-state index in [1.165, 1.54) is 22.5 Å². The van der Waals surface area contributed by atoms with Crippen molar-refractivity contribution in [3.8, 4) is 11.5 Å². The number of nitrogens with one attached hydrogen (secondary N) is 1. The van der Waals surface area contributed by atoms with Crippen molar-refractivity contribution in [1.29, 1.82) is 0 Å². The van der Waals surface area contributed by atoms with Crippen LogP contribution in [-0.2, 0) is 32.0 Å². The van der Waals surface area contributed by atoms with Crippen molar-refractivity contribution in [1.82, 2.24) is 29.0 Å². The number of fused-ring (bicyclic) bond motifs is 1. The molecule has 1 amide bonds. The molecule has 11 nitrogen and oxygen atoms in total. The van der Waals surface area contributed by atoms with E-state index < -0.39 is 29.7 Å². The van der Waals surface area contributed by atoms with E-state index in [1.54, 1.807) is 45.6 Å². The molecule has 0 aliphatic carbocycles. The van der Waals surface area contributed by atoms with Crippen molar-refractivity contribution in [2.45, 2.75) is 26.1 Å². The number of ether oxygens (including phenoxy) is 2. The fourth-order valence-corrected chi connectivity index (χ4v) is 3.76. The Kier molecular flexibility index (Phi) is 6.67. The Morgan fingerprint density at radius 2 is 1.86 bits per heavy atom. The molecule has 1 unspecified atom stereocenters. The van der Waals surface area contributed by atoms with Crippen LogP contribution in [0.4, 0.5) is 0 Å². The molecule has 1 aromatic carbocycles. The number of aryl methyl sites for hydroxylation is 2. The number of amides is 1. The molecule has 0 aliphatic rings. The normalized spacial score (nSPS) is 11.9. The van der Waals surface area contributed by atoms with Crippen molar-refractivity contribution in [2.24, 2.45) is 14.1 Å². The van der Waals surface area contributed by atoms with Crippen LogP contribution in [-0.4, -0.2) is 36.7 Å². The number of hydrogen-bond acceptors (Lipinski definition) is 7. The molecule has 0 fully saturated rings. The van der Waals surface area contributed by atoms with Gasteiger partial charge in [0, 0.05) is 26.5 Å². The Morgan fingerprint density at radius 3 is 2.57 bits per heavy atom. The largest absolute Gasteiger partial charge is 0.493 e. The summed E-state index contributed by atoms with van der Waals surface area (Å²) in [5.74, 6) is 0.603. The van der Waals surface area contributed by atoms with Gasteiger partial charge in [-0.3, -0.25) is 19.1 Å². The summed E-state index contributed by atoms with van der Waals surface area (Å²) in [6.07, 6.45) is 4.85. The zero-order valence-electron chi connectivity index (χ0n) is 19.9. The average Bonchev–Trinajstić information content (AvgIpc) is 3.26. The molecular formula is C24H26N6O5. The van der Waals surface area contributed by atoms with Gasteiger partial charge in [-0.05, 0) is 42.3 Å². The minimum atomic E-state index is -0.610. The predicted octanol–water partition coefficient (Wildman–Crippen LogP) is 1.29. The van der Waals surface area contributed by atoms with Crippen molar-refractivity contribution in [2.75, 3.05) is 7.11 Å². The van der Waals surface area contributed by atoms with E-state index in [1.807, 2.05) is 18.2 Å². The predicted molar refractivity (Wildman–Crippen MR) is 128 cm³/mol. The number of carbonyl (C=O) groups excluding carboxylic acids is 1. The second-order valence-corrected chi connectivity index (χ2v) is 8.10. The lowest BCUT2D eigenvalue weighted by Gasteiger charge is -2.18. The van der Waals surface area contributed by atoms with Gasteiger partial charge in [0.1, 0.15) is 13.2 Å². The van der Waals surface area contributed by atoms with E-state index in [4.69, 9.17) is 9.47 Å². The summed E-state index contributed by atoms with van der Waals surface area (Å²) in [5.41, 5.74) is 1.08. The maximum Gasteiger partial charge on any atom is 0.332 e. The molecule has 0 saturated heterocycles. The van der Waals surface area contributed by atoms with E-state index in [9.17, 15) is 14.4 Å². The average molecular weight is 479 g/mol. The first-order valence-electron chi connectivity index (χ1n) is 10.9. The summed E-state index contributed by atoms with van der Waals surface area (Å²) in [5, 5.41) is 2.83. The molecule has 1 N–H and O–H groups in total. The van der Waals surface area contributed by atoms with Gasteiger partial charge in [-0.25, -0.2) is 14.3 Å². The second-order valence-electron chi connectivity index (χ2n) is 8.10. The van der Waals surface area contributed by atoms with Crippen molar-refractivity contribution >= 4 is 17.1 Å². The van der Waals surface area contributed by atoms with E-state index in [2.05, 4.69) is 15.3 Å². The number of carbonyl (C=O) groups is 1. The first-order chi connectivity index (χ1) is 16.8. The Morgan fingerprint density at radius 1 is 1.11 bits per heavy atom. The van der Waals surface area contributed by atoms with Crippen LogP contribution in [0.5, 0.6) is 11.5 Å². The van der Waals surface area contributed by atoms with Crippen LogP contribution >= 0.6 is 0 Å². The van der Waals surface area contributed by atoms with Crippen LogP contribution < -0.4 is 26.0 Å². The molecule has 0 radical (unpaired) electrons. The molecule has 3 aromatic heterocycles. The maximum absolute atomic E-state index is 12.8. The minimum absolute atomic E-state index is 0.250. The second kappa shape index (κ2) is 9.84. The quantitative estimate of drug-likeness (QED) is 0.405. The van der Waals surface area contributed by atoms with Crippen LogP contribution in [0.1, 0.15) is 24.1 Å². The van der Waals surface area contributed by atoms with E-state index >= 15 is 0 Å². The van der Waals surface area contributed by atoms with Crippen LogP contribution in [0.25, 0.3) is 11.2 Å². The van der Waals surface area contributed by atoms with Gasteiger partial charge in [0.15, 0.2) is 22.7 Å². The highest BCUT2D eigenvalue weighted by molar-refractivity contribution is 5.77. The van der Waals surface area contributed by atoms with Gasteiger partial charge in [0.05, 0.1) is 19.5 Å². The topological polar surface area (TPSA) is 122 Å². The number of nitrogens with zero attached hydrogens (tertiary/aromatic N) is 5. The standard InChI is InChI=1S/C24H26N6O5/c1-15(17-5-6-18(19(11-17)34-4)35-13-16-7-9-25-10-8-16)27-20(31)12-30-23(32)21-22(26-14-28(21)2)29(3)24(30)33/h5-11,14-15H,12-13H2,1-4H3,(H,27,31). The van der Waals surface area contributed by atoms with E-state index in [0.29, 0.717) is 18.1 Å². The highest BCUT2D eigenvalue weighted by Gasteiger charge is 2.19. The number of rotatable bonds is 8. The molecule has 35 heavy (non-hydrogen) atoms. The van der Waals surface area contributed by atoms with Gasteiger partial charge in [-0.2, -0.15) is 0 Å². The van der Waals surface area contributed by atoms with Crippen LogP contribution in [0.2, 0.25) is 0 Å². The maximum atomic E-state index is 12.8. The summed E-state index contributed by atoms with van der Waals surface area (Å²) >= 11 is 0. The Balaban J connectivity index is 1.48. The van der Waals surface area contributed by atoms with Gasteiger partial charge < -0.3 is 19.4 Å². The molecule has 0 saturated carbocycles. The lowest BCUT2D eigenvalue weighted by Crippen LogP contribution is -2.43. The van der Waals surface area contributed by atoms with Gasteiger partial charge in [-0.1, -0.05) is 6.07 Å². The number of methoxy groups -OCH3 is 1. The van der Waals surface area contributed by atoms with Crippen molar-refractivity contribution in [3.05, 3.63) is 81.0 Å². The van der Waals surface area contributed by atoms with Gasteiger partial charge >= 0.3 is 5.69 Å². The lowest BCUT2D eigenvalue weighted by molar-refractivity contribution is -0.122. The van der Waals surface area contributed by atoms with Crippen LogP contribution in [0.15, 0.2) is 58.6 Å². The fraction of sp³-hybridized carbons (Fsp3) is 0.292.